The van der Waals surface area contributed by atoms with Crippen molar-refractivity contribution in [2.75, 3.05) is 14.2 Å². The Labute approximate surface area is 195 Å². The molecule has 0 fully saturated rings. The molecule has 33 heavy (non-hydrogen) atoms. The van der Waals surface area contributed by atoms with Gasteiger partial charge in [-0.1, -0.05) is 42.5 Å². The fourth-order valence-electron chi connectivity index (χ4n) is 4.02. The lowest BCUT2D eigenvalue weighted by molar-refractivity contribution is -0.241. The van der Waals surface area contributed by atoms with Crippen LogP contribution < -0.4 is 4.74 Å². The summed E-state index contributed by atoms with van der Waals surface area (Å²) < 4.78 is 23.5. The average molecular weight is 447 g/mol. The summed E-state index contributed by atoms with van der Waals surface area (Å²) in [6.07, 6.45) is 9.39. The van der Waals surface area contributed by atoms with E-state index >= 15 is 0 Å². The second-order valence-corrected chi connectivity index (χ2v) is 8.82. The number of fused-ring (bicyclic) bond motifs is 1. The summed E-state index contributed by atoms with van der Waals surface area (Å²) in [4.78, 5) is 13.0. The second kappa shape index (κ2) is 9.48. The Morgan fingerprint density at radius 2 is 1.82 bits per heavy atom. The van der Waals surface area contributed by atoms with E-state index in [0.717, 1.165) is 22.4 Å². The highest BCUT2D eigenvalue weighted by molar-refractivity contribution is 5.98. The SMILES string of the molecule is COC1C=C(CC(=O)c2ccc3c(c2)C=CC(C)(C)O3)C=CC1(OC)OCc1ccccc1. The monoisotopic (exact) mass is 446 g/mol. The first-order valence-electron chi connectivity index (χ1n) is 11.1. The van der Waals surface area contributed by atoms with Crippen LogP contribution in [0.3, 0.4) is 0 Å². The Balaban J connectivity index is 1.46. The van der Waals surface area contributed by atoms with Crippen LogP contribution in [0, 0.1) is 0 Å². The second-order valence-electron chi connectivity index (χ2n) is 8.82. The number of hydrogen-bond donors (Lipinski definition) is 0. The number of Topliss-reactive ketones (excluding diaryl/α,β-unsaturated/α-hetero) is 1. The van der Waals surface area contributed by atoms with Gasteiger partial charge in [0.2, 0.25) is 5.79 Å². The van der Waals surface area contributed by atoms with E-state index in [1.54, 1.807) is 14.2 Å². The van der Waals surface area contributed by atoms with Gasteiger partial charge in [0.25, 0.3) is 0 Å². The third kappa shape index (κ3) is 5.17. The normalized spacial score (nSPS) is 22.9. The topological polar surface area (TPSA) is 54.0 Å². The Hall–Kier alpha value is -2.99. The molecule has 2 aliphatic rings. The zero-order valence-corrected chi connectivity index (χ0v) is 19.5. The lowest BCUT2D eigenvalue weighted by Crippen LogP contribution is -2.46. The van der Waals surface area contributed by atoms with Crippen LogP contribution >= 0.6 is 0 Å². The lowest BCUT2D eigenvalue weighted by Gasteiger charge is -2.37. The molecule has 1 aliphatic heterocycles. The quantitative estimate of drug-likeness (QED) is 0.395. The van der Waals surface area contributed by atoms with Crippen molar-refractivity contribution >= 4 is 11.9 Å². The lowest BCUT2D eigenvalue weighted by atomic mass is 9.93. The van der Waals surface area contributed by atoms with Crippen LogP contribution in [0.4, 0.5) is 0 Å². The predicted octanol–water partition coefficient (Wildman–Crippen LogP) is 5.51. The van der Waals surface area contributed by atoms with Crippen molar-refractivity contribution in [1.29, 1.82) is 0 Å². The summed E-state index contributed by atoms with van der Waals surface area (Å²) >= 11 is 0. The molecular weight excluding hydrogens is 416 g/mol. The van der Waals surface area contributed by atoms with Gasteiger partial charge < -0.3 is 18.9 Å². The first kappa shape index (κ1) is 23.2. The van der Waals surface area contributed by atoms with Gasteiger partial charge in [-0.05, 0) is 61.4 Å². The number of rotatable bonds is 8. The molecule has 5 nitrogen and oxygen atoms in total. The van der Waals surface area contributed by atoms with E-state index in [0.29, 0.717) is 12.2 Å². The van der Waals surface area contributed by atoms with Gasteiger partial charge in [0, 0.05) is 31.8 Å². The van der Waals surface area contributed by atoms with Gasteiger partial charge in [0.1, 0.15) is 17.5 Å². The number of allylic oxidation sites excluding steroid dienone is 2. The molecule has 172 valence electrons. The van der Waals surface area contributed by atoms with Crippen molar-refractivity contribution < 1.29 is 23.7 Å². The molecule has 2 unspecified atom stereocenters. The molecule has 0 spiro atoms. The Kier molecular flexibility index (Phi) is 6.66. The zero-order valence-electron chi connectivity index (χ0n) is 19.5. The highest BCUT2D eigenvalue weighted by Gasteiger charge is 2.39. The van der Waals surface area contributed by atoms with Crippen LogP contribution in [0.25, 0.3) is 6.08 Å². The standard InChI is InChI=1S/C28H30O5/c1-27(2)14-13-23-18-22(10-11-25(23)33-27)24(29)16-21-12-15-28(31-4,26(17-21)30-3)32-19-20-8-6-5-7-9-20/h5-15,17-18,26H,16,19H2,1-4H3. The van der Waals surface area contributed by atoms with E-state index in [2.05, 4.69) is 0 Å². The minimum absolute atomic E-state index is 0.0249. The number of carbonyl (C=O) groups is 1. The zero-order chi connectivity index (χ0) is 23.5. The number of ether oxygens (including phenoxy) is 4. The number of ketones is 1. The summed E-state index contributed by atoms with van der Waals surface area (Å²) in [5, 5.41) is 0. The molecule has 2 aromatic rings. The van der Waals surface area contributed by atoms with Gasteiger partial charge >= 0.3 is 0 Å². The highest BCUT2D eigenvalue weighted by atomic mass is 16.7. The van der Waals surface area contributed by atoms with Crippen molar-refractivity contribution in [2.24, 2.45) is 0 Å². The number of carbonyl (C=O) groups excluding carboxylic acids is 1. The fourth-order valence-corrected chi connectivity index (χ4v) is 4.02. The summed E-state index contributed by atoms with van der Waals surface area (Å²) in [6.45, 7) is 4.38. The molecule has 0 aromatic heterocycles. The van der Waals surface area contributed by atoms with Gasteiger partial charge in [-0.3, -0.25) is 4.79 Å². The van der Waals surface area contributed by atoms with Crippen LogP contribution in [-0.2, 0) is 20.8 Å². The van der Waals surface area contributed by atoms with Crippen molar-refractivity contribution in [1.82, 2.24) is 0 Å². The molecule has 0 radical (unpaired) electrons. The van der Waals surface area contributed by atoms with Crippen molar-refractivity contribution in [3.63, 3.8) is 0 Å². The van der Waals surface area contributed by atoms with E-state index in [1.165, 1.54) is 0 Å². The minimum atomic E-state index is -1.06. The summed E-state index contributed by atoms with van der Waals surface area (Å²) in [5.41, 5.74) is 3.11. The first-order chi connectivity index (χ1) is 15.8. The van der Waals surface area contributed by atoms with Gasteiger partial charge in [0.05, 0.1) is 6.61 Å². The van der Waals surface area contributed by atoms with Crippen LogP contribution in [0.2, 0.25) is 0 Å². The molecule has 2 atom stereocenters. The summed E-state index contributed by atoms with van der Waals surface area (Å²) in [6, 6.07) is 15.5. The van der Waals surface area contributed by atoms with Crippen LogP contribution in [0.15, 0.2) is 78.4 Å². The molecule has 0 saturated heterocycles. The number of benzene rings is 2. The highest BCUT2D eigenvalue weighted by Crippen LogP contribution is 2.33. The largest absolute Gasteiger partial charge is 0.483 e. The maximum Gasteiger partial charge on any atom is 0.219 e. The first-order valence-corrected chi connectivity index (χ1v) is 11.1. The van der Waals surface area contributed by atoms with Crippen LogP contribution in [0.5, 0.6) is 5.75 Å². The molecule has 4 rings (SSSR count). The van der Waals surface area contributed by atoms with Crippen molar-refractivity contribution in [2.45, 2.75) is 44.4 Å². The van der Waals surface area contributed by atoms with E-state index in [9.17, 15) is 4.79 Å². The molecule has 5 heteroatoms. The molecular formula is C28H30O5. The minimum Gasteiger partial charge on any atom is -0.483 e. The number of methoxy groups -OCH3 is 2. The van der Waals surface area contributed by atoms with E-state index < -0.39 is 11.9 Å². The van der Waals surface area contributed by atoms with E-state index in [-0.39, 0.29) is 17.8 Å². The van der Waals surface area contributed by atoms with Gasteiger partial charge in [-0.15, -0.1) is 0 Å². The summed E-state index contributed by atoms with van der Waals surface area (Å²) in [5.74, 6) is -0.245. The average Bonchev–Trinajstić information content (AvgIpc) is 2.83. The van der Waals surface area contributed by atoms with Crippen LogP contribution in [-0.4, -0.2) is 37.5 Å². The third-order valence-electron chi connectivity index (χ3n) is 5.91. The smallest absolute Gasteiger partial charge is 0.219 e. The molecule has 1 aliphatic carbocycles. The van der Waals surface area contributed by atoms with Gasteiger partial charge in [0.15, 0.2) is 5.78 Å². The molecule has 0 saturated carbocycles. The van der Waals surface area contributed by atoms with Crippen molar-refractivity contribution in [3.05, 3.63) is 95.1 Å². The van der Waals surface area contributed by atoms with Gasteiger partial charge in [-0.2, -0.15) is 0 Å². The van der Waals surface area contributed by atoms with Gasteiger partial charge in [-0.25, -0.2) is 0 Å². The predicted molar refractivity (Wildman–Crippen MR) is 128 cm³/mol. The maximum absolute atomic E-state index is 13.0. The Morgan fingerprint density at radius 3 is 2.55 bits per heavy atom. The number of hydrogen-bond acceptors (Lipinski definition) is 5. The van der Waals surface area contributed by atoms with E-state index in [4.69, 9.17) is 18.9 Å². The van der Waals surface area contributed by atoms with Crippen molar-refractivity contribution in [3.8, 4) is 5.75 Å². The maximum atomic E-state index is 13.0. The fraction of sp³-hybridized carbons (Fsp3) is 0.321. The molecule has 0 N–H and O–H groups in total. The molecule has 2 aromatic carbocycles. The molecule has 0 bridgehead atoms. The summed E-state index contributed by atoms with van der Waals surface area (Å²) in [7, 11) is 3.20. The molecule has 1 heterocycles. The third-order valence-corrected chi connectivity index (χ3v) is 5.91. The Bertz CT molecular complexity index is 1100. The van der Waals surface area contributed by atoms with Crippen LogP contribution in [0.1, 0.15) is 41.8 Å². The molecule has 0 amide bonds. The Morgan fingerprint density at radius 1 is 1.03 bits per heavy atom. The van der Waals surface area contributed by atoms with E-state index in [1.807, 2.05) is 92.8 Å².